The molecule has 58 valence electrons. The Bertz CT molecular complexity index is 121. The molecule has 5 heteroatoms. The summed E-state index contributed by atoms with van der Waals surface area (Å²) < 4.78 is 4.25. The van der Waals surface area contributed by atoms with Gasteiger partial charge in [-0.05, 0) is 6.66 Å². The van der Waals surface area contributed by atoms with E-state index in [1.807, 2.05) is 0 Å². The molecule has 0 radical (unpaired) electrons. The van der Waals surface area contributed by atoms with Crippen molar-refractivity contribution >= 4 is 20.2 Å². The highest BCUT2D eigenvalue weighted by Gasteiger charge is 2.00. The van der Waals surface area contributed by atoms with Crippen LogP contribution in [0.2, 0.25) is 0 Å². The van der Waals surface area contributed by atoms with E-state index in [4.69, 9.17) is 0 Å². The lowest BCUT2D eigenvalue weighted by Gasteiger charge is -1.99. The first kappa shape index (κ1) is 9.37. The van der Waals surface area contributed by atoms with Gasteiger partial charge in [-0.2, -0.15) is 0 Å². The molecule has 0 rings (SSSR count). The predicted molar refractivity (Wildman–Crippen MR) is 39.7 cm³/mol. The van der Waals surface area contributed by atoms with E-state index in [0.29, 0.717) is 0 Å². The first-order valence-corrected chi connectivity index (χ1v) is 4.23. The van der Waals surface area contributed by atoms with Gasteiger partial charge in [-0.3, -0.25) is 4.79 Å². The summed E-state index contributed by atoms with van der Waals surface area (Å²) in [6.07, 6.45) is -0.563. The van der Waals surface area contributed by atoms with Gasteiger partial charge in [0.1, 0.15) is 0 Å². The van der Waals surface area contributed by atoms with Gasteiger partial charge in [-0.1, -0.05) is 8.58 Å². The largest absolute Gasteiger partial charge is 0.453 e. The molecular weight excluding hydrogens is 153 g/mol. The molecule has 1 unspecified atom stereocenters. The Hall–Kier alpha value is -0.630. The Labute approximate surface area is 61.1 Å². The van der Waals surface area contributed by atoms with Crippen LogP contribution in [0.4, 0.5) is 4.79 Å². The van der Waals surface area contributed by atoms with Crippen LogP contribution in [0.15, 0.2) is 0 Å². The van der Waals surface area contributed by atoms with Crippen LogP contribution in [0, 0.1) is 0 Å². The molecule has 4 nitrogen and oxygen atoms in total. The third-order valence-electron chi connectivity index (χ3n) is 0.858. The summed E-state index contributed by atoms with van der Waals surface area (Å²) in [4.78, 5) is 20.9. The molecule has 0 aromatic rings. The van der Waals surface area contributed by atoms with Crippen LogP contribution >= 0.6 is 8.58 Å². The average molecular weight is 163 g/mol. The van der Waals surface area contributed by atoms with Crippen molar-refractivity contribution in [2.24, 2.45) is 0 Å². The lowest BCUT2D eigenvalue weighted by Crippen LogP contribution is -2.27. The fraction of sp³-hybridized carbons (Fsp3) is 0.600. The van der Waals surface area contributed by atoms with E-state index in [1.54, 1.807) is 6.66 Å². The first-order chi connectivity index (χ1) is 4.70. The van der Waals surface area contributed by atoms with Gasteiger partial charge in [0.2, 0.25) is 0 Å². The van der Waals surface area contributed by atoms with Crippen LogP contribution in [0.5, 0.6) is 0 Å². The van der Waals surface area contributed by atoms with Gasteiger partial charge in [0, 0.05) is 0 Å². The molecule has 0 aliphatic carbocycles. The zero-order valence-corrected chi connectivity index (χ0v) is 6.93. The van der Waals surface area contributed by atoms with Gasteiger partial charge >= 0.3 is 6.09 Å². The highest BCUT2D eigenvalue weighted by atomic mass is 31.1. The fourth-order valence-corrected chi connectivity index (χ4v) is 0.578. The van der Waals surface area contributed by atoms with Gasteiger partial charge in [-0.25, -0.2) is 4.79 Å². The Balaban J connectivity index is 3.35. The summed E-state index contributed by atoms with van der Waals surface area (Å²) in [6, 6.07) is 0. The number of hydrogen-bond acceptors (Lipinski definition) is 3. The van der Waals surface area contributed by atoms with E-state index < -0.39 is 6.09 Å². The number of methoxy groups -OCH3 is 1. The summed E-state index contributed by atoms with van der Waals surface area (Å²) in [5.41, 5.74) is 0.0189. The second-order valence-electron chi connectivity index (χ2n) is 1.52. The second-order valence-corrected chi connectivity index (χ2v) is 2.58. The normalized spacial score (nSPS) is 9.80. The number of carbonyl (C=O) groups excluding carboxylic acids is 2. The van der Waals surface area contributed by atoms with Crippen molar-refractivity contribution in [3.8, 4) is 0 Å². The topological polar surface area (TPSA) is 55.4 Å². The molecule has 0 aromatic heterocycles. The van der Waals surface area contributed by atoms with E-state index in [9.17, 15) is 9.59 Å². The predicted octanol–water partition coefficient (Wildman–Crippen LogP) is 0.177. The molecule has 1 amide bonds. The Morgan fingerprint density at radius 1 is 1.60 bits per heavy atom. The minimum absolute atomic E-state index is 0.0189. The lowest BCUT2D eigenvalue weighted by atomic mass is 10.7. The van der Waals surface area contributed by atoms with E-state index in [2.05, 4.69) is 10.1 Å². The maximum Gasteiger partial charge on any atom is 0.407 e. The third-order valence-corrected chi connectivity index (χ3v) is 1.59. The average Bonchev–Trinajstić information content (AvgIpc) is 1.99. The van der Waals surface area contributed by atoms with Gasteiger partial charge in [0.15, 0.2) is 5.52 Å². The molecule has 0 aromatic carbocycles. The highest BCUT2D eigenvalue weighted by molar-refractivity contribution is 7.57. The summed E-state index contributed by atoms with van der Waals surface area (Å²) in [7, 11) is 1.48. The first-order valence-electron chi connectivity index (χ1n) is 2.73. The monoisotopic (exact) mass is 163 g/mol. The summed E-state index contributed by atoms with van der Waals surface area (Å²) in [5.74, 6) is 0. The molecular formula is C5H10NO3P. The van der Waals surface area contributed by atoms with Crippen molar-refractivity contribution in [2.75, 3.05) is 20.3 Å². The van der Waals surface area contributed by atoms with Gasteiger partial charge in [0.25, 0.3) is 0 Å². The molecule has 10 heavy (non-hydrogen) atoms. The van der Waals surface area contributed by atoms with Gasteiger partial charge in [-0.15, -0.1) is 0 Å². The van der Waals surface area contributed by atoms with Crippen molar-refractivity contribution in [3.63, 3.8) is 0 Å². The molecule has 0 fully saturated rings. The zero-order chi connectivity index (χ0) is 7.98. The van der Waals surface area contributed by atoms with Crippen LogP contribution in [-0.4, -0.2) is 31.9 Å². The highest BCUT2D eigenvalue weighted by Crippen LogP contribution is 2.00. The van der Waals surface area contributed by atoms with Crippen LogP contribution in [0.1, 0.15) is 0 Å². The van der Waals surface area contributed by atoms with Crippen molar-refractivity contribution < 1.29 is 14.3 Å². The van der Waals surface area contributed by atoms with E-state index in [1.165, 1.54) is 7.11 Å². The number of rotatable bonds is 3. The summed E-state index contributed by atoms with van der Waals surface area (Å²) in [5, 5.41) is 2.28. The molecule has 0 aliphatic heterocycles. The molecule has 0 spiro atoms. The molecule has 1 atom stereocenters. The number of nitrogens with one attached hydrogen (secondary N) is 1. The van der Waals surface area contributed by atoms with Crippen LogP contribution in [-0.2, 0) is 9.53 Å². The minimum Gasteiger partial charge on any atom is -0.453 e. The molecule has 0 aliphatic rings. The Kier molecular flexibility index (Phi) is 4.85. The van der Waals surface area contributed by atoms with Crippen molar-refractivity contribution in [2.45, 2.75) is 0 Å². The fourth-order valence-electron chi connectivity index (χ4n) is 0.313. The molecule has 0 heterocycles. The smallest absolute Gasteiger partial charge is 0.407 e. The second kappa shape index (κ2) is 5.18. The van der Waals surface area contributed by atoms with E-state index in [-0.39, 0.29) is 20.6 Å². The van der Waals surface area contributed by atoms with Crippen molar-refractivity contribution in [3.05, 3.63) is 0 Å². The van der Waals surface area contributed by atoms with Crippen molar-refractivity contribution in [1.82, 2.24) is 5.32 Å². The third kappa shape index (κ3) is 4.27. The Morgan fingerprint density at radius 3 is 2.60 bits per heavy atom. The van der Waals surface area contributed by atoms with Crippen LogP contribution < -0.4 is 5.32 Å². The summed E-state index contributed by atoms with van der Waals surface area (Å²) >= 11 is 0. The zero-order valence-electron chi connectivity index (χ0n) is 5.93. The number of carbonyl (C=O) groups is 2. The standard InChI is InChI=1S/C5H10NO3P/c1-9-5(8)6-3-4(7)10-2/h10H,3H2,1-2H3,(H,6,8). The molecule has 0 bridgehead atoms. The number of hydrogen-bond donors (Lipinski definition) is 1. The number of alkyl carbamates (subject to hydrolysis) is 1. The number of ether oxygens (including phenoxy) is 1. The van der Waals surface area contributed by atoms with Crippen molar-refractivity contribution in [1.29, 1.82) is 0 Å². The SMILES string of the molecule is COC(=O)NCC(=O)PC. The van der Waals surface area contributed by atoms with Gasteiger partial charge < -0.3 is 10.1 Å². The molecule has 0 saturated carbocycles. The maximum atomic E-state index is 10.6. The summed E-state index contributed by atoms with van der Waals surface area (Å²) in [6.45, 7) is 1.84. The quantitative estimate of drug-likeness (QED) is 0.603. The minimum atomic E-state index is -0.563. The van der Waals surface area contributed by atoms with Crippen LogP contribution in [0.3, 0.4) is 0 Å². The maximum absolute atomic E-state index is 10.6. The Morgan fingerprint density at radius 2 is 2.20 bits per heavy atom. The van der Waals surface area contributed by atoms with Gasteiger partial charge in [0.05, 0.1) is 13.7 Å². The lowest BCUT2D eigenvalue weighted by molar-refractivity contribution is -0.110. The van der Waals surface area contributed by atoms with Crippen LogP contribution in [0.25, 0.3) is 0 Å². The molecule has 0 saturated heterocycles. The number of amides is 1. The van der Waals surface area contributed by atoms with E-state index in [0.717, 1.165) is 0 Å². The van der Waals surface area contributed by atoms with E-state index >= 15 is 0 Å². The molecule has 1 N–H and O–H groups in total.